The number of benzene rings is 2. The lowest BCUT2D eigenvalue weighted by Crippen LogP contribution is -2.44. The van der Waals surface area contributed by atoms with E-state index in [1.54, 1.807) is 0 Å². The number of rotatable bonds is 7. The standard InChI is InChI=1S/C21H19N3O5/c25-18-12-16(23-21(28)24-18)19(26)22-17(11-14-7-3-1-4-8-14)20(27)29-13-15-9-5-2-6-10-15/h1-10,12,17H,11,13H2,(H,22,26)(H2,23,24,25,28). The number of amides is 1. The van der Waals surface area contributed by atoms with Crippen LogP contribution in [0.5, 0.6) is 0 Å². The molecule has 1 amide bonds. The van der Waals surface area contributed by atoms with Crippen LogP contribution in [0.4, 0.5) is 0 Å². The monoisotopic (exact) mass is 393 g/mol. The van der Waals surface area contributed by atoms with E-state index in [4.69, 9.17) is 4.74 Å². The molecule has 148 valence electrons. The van der Waals surface area contributed by atoms with Crippen LogP contribution in [-0.4, -0.2) is 27.9 Å². The molecule has 1 atom stereocenters. The van der Waals surface area contributed by atoms with Gasteiger partial charge in [-0.1, -0.05) is 60.7 Å². The highest BCUT2D eigenvalue weighted by atomic mass is 16.5. The van der Waals surface area contributed by atoms with Gasteiger partial charge in [-0.3, -0.25) is 14.6 Å². The molecule has 3 N–H and O–H groups in total. The van der Waals surface area contributed by atoms with Crippen molar-refractivity contribution >= 4 is 11.9 Å². The maximum absolute atomic E-state index is 12.6. The van der Waals surface area contributed by atoms with Gasteiger partial charge in [0.25, 0.3) is 11.5 Å². The lowest BCUT2D eigenvalue weighted by molar-refractivity contribution is -0.147. The molecule has 3 aromatic rings. The quantitative estimate of drug-likeness (QED) is 0.520. The largest absolute Gasteiger partial charge is 0.459 e. The Kier molecular flexibility index (Phi) is 6.36. The van der Waals surface area contributed by atoms with Gasteiger partial charge in [0.1, 0.15) is 18.3 Å². The van der Waals surface area contributed by atoms with E-state index in [1.807, 2.05) is 65.6 Å². The molecule has 0 radical (unpaired) electrons. The molecular formula is C21H19N3O5. The molecule has 0 aliphatic rings. The number of hydrogen-bond acceptors (Lipinski definition) is 5. The van der Waals surface area contributed by atoms with Crippen LogP contribution in [0.1, 0.15) is 21.6 Å². The average molecular weight is 393 g/mol. The van der Waals surface area contributed by atoms with Crippen molar-refractivity contribution in [1.82, 2.24) is 15.3 Å². The summed E-state index contributed by atoms with van der Waals surface area (Å²) in [6.07, 6.45) is 0.188. The number of esters is 1. The van der Waals surface area contributed by atoms with Crippen LogP contribution < -0.4 is 16.6 Å². The van der Waals surface area contributed by atoms with Gasteiger partial charge in [0.05, 0.1) is 0 Å². The lowest BCUT2D eigenvalue weighted by Gasteiger charge is -2.18. The third-order valence-corrected chi connectivity index (χ3v) is 4.10. The van der Waals surface area contributed by atoms with Crippen LogP contribution in [0.3, 0.4) is 0 Å². The fraction of sp³-hybridized carbons (Fsp3) is 0.143. The minimum Gasteiger partial charge on any atom is -0.459 e. The van der Waals surface area contributed by atoms with E-state index < -0.39 is 29.2 Å². The lowest BCUT2D eigenvalue weighted by atomic mass is 10.1. The van der Waals surface area contributed by atoms with Crippen molar-refractivity contribution in [3.63, 3.8) is 0 Å². The summed E-state index contributed by atoms with van der Waals surface area (Å²) in [6.45, 7) is 0.0582. The second-order valence-electron chi connectivity index (χ2n) is 6.31. The van der Waals surface area contributed by atoms with Crippen molar-refractivity contribution in [1.29, 1.82) is 0 Å². The first-order valence-corrected chi connectivity index (χ1v) is 8.90. The highest BCUT2D eigenvalue weighted by Crippen LogP contribution is 2.08. The molecule has 0 saturated heterocycles. The van der Waals surface area contributed by atoms with Crippen LogP contribution in [0.15, 0.2) is 76.3 Å². The zero-order chi connectivity index (χ0) is 20.6. The van der Waals surface area contributed by atoms with E-state index >= 15 is 0 Å². The molecule has 0 saturated carbocycles. The average Bonchev–Trinajstić information content (AvgIpc) is 2.72. The summed E-state index contributed by atoms with van der Waals surface area (Å²) >= 11 is 0. The number of aromatic amines is 2. The number of ether oxygens (including phenoxy) is 1. The van der Waals surface area contributed by atoms with Gasteiger partial charge < -0.3 is 15.0 Å². The van der Waals surface area contributed by atoms with Gasteiger partial charge in [0, 0.05) is 12.5 Å². The van der Waals surface area contributed by atoms with Crippen LogP contribution in [0, 0.1) is 0 Å². The van der Waals surface area contributed by atoms with Crippen molar-refractivity contribution in [2.45, 2.75) is 19.1 Å². The first-order chi connectivity index (χ1) is 14.0. The first-order valence-electron chi connectivity index (χ1n) is 8.90. The number of carbonyl (C=O) groups excluding carboxylic acids is 2. The van der Waals surface area contributed by atoms with Crippen LogP contribution in [0.2, 0.25) is 0 Å². The van der Waals surface area contributed by atoms with Crippen molar-refractivity contribution < 1.29 is 14.3 Å². The van der Waals surface area contributed by atoms with Crippen LogP contribution >= 0.6 is 0 Å². The molecule has 1 aromatic heterocycles. The summed E-state index contributed by atoms with van der Waals surface area (Å²) in [6, 6.07) is 18.2. The minimum atomic E-state index is -1.00. The van der Waals surface area contributed by atoms with Crippen molar-refractivity contribution in [3.05, 3.63) is 104 Å². The van der Waals surface area contributed by atoms with Gasteiger partial charge in [-0.2, -0.15) is 0 Å². The number of carbonyl (C=O) groups is 2. The Balaban J connectivity index is 1.76. The van der Waals surface area contributed by atoms with Gasteiger partial charge in [-0.15, -0.1) is 0 Å². The van der Waals surface area contributed by atoms with E-state index in [-0.39, 0.29) is 18.7 Å². The van der Waals surface area contributed by atoms with E-state index in [2.05, 4.69) is 10.3 Å². The van der Waals surface area contributed by atoms with E-state index in [0.717, 1.165) is 17.2 Å². The topological polar surface area (TPSA) is 121 Å². The molecule has 1 unspecified atom stereocenters. The molecule has 8 nitrogen and oxygen atoms in total. The minimum absolute atomic E-state index is 0.0582. The van der Waals surface area contributed by atoms with Gasteiger partial charge in [0.2, 0.25) is 0 Å². The summed E-state index contributed by atoms with van der Waals surface area (Å²) in [5.41, 5.74) is -0.148. The Morgan fingerprint density at radius 3 is 2.14 bits per heavy atom. The summed E-state index contributed by atoms with van der Waals surface area (Å²) in [5, 5.41) is 2.54. The van der Waals surface area contributed by atoms with Crippen molar-refractivity contribution in [2.75, 3.05) is 0 Å². The second-order valence-corrected chi connectivity index (χ2v) is 6.31. The number of nitrogens with one attached hydrogen (secondary N) is 3. The van der Waals surface area contributed by atoms with Gasteiger partial charge in [-0.05, 0) is 11.1 Å². The molecule has 2 aromatic carbocycles. The Morgan fingerprint density at radius 1 is 0.897 bits per heavy atom. The number of hydrogen-bond donors (Lipinski definition) is 3. The maximum atomic E-state index is 12.6. The fourth-order valence-electron chi connectivity index (χ4n) is 2.70. The van der Waals surface area contributed by atoms with E-state index in [1.165, 1.54) is 0 Å². The molecule has 0 spiro atoms. The fourth-order valence-corrected chi connectivity index (χ4v) is 2.70. The normalized spacial score (nSPS) is 11.4. The highest BCUT2D eigenvalue weighted by molar-refractivity contribution is 5.95. The predicted octanol–water partition coefficient (Wildman–Crippen LogP) is 1.15. The summed E-state index contributed by atoms with van der Waals surface area (Å²) in [4.78, 5) is 52.2. The van der Waals surface area contributed by atoms with Crippen LogP contribution in [0.25, 0.3) is 0 Å². The molecule has 1 heterocycles. The summed E-state index contributed by atoms with van der Waals surface area (Å²) in [5.74, 6) is -1.39. The molecule has 0 bridgehead atoms. The Morgan fingerprint density at radius 2 is 1.52 bits per heavy atom. The van der Waals surface area contributed by atoms with Gasteiger partial charge in [0.15, 0.2) is 0 Å². The van der Waals surface area contributed by atoms with Crippen molar-refractivity contribution in [3.8, 4) is 0 Å². The molecule has 0 aliphatic heterocycles. The van der Waals surface area contributed by atoms with E-state index in [0.29, 0.717) is 0 Å². The summed E-state index contributed by atoms with van der Waals surface area (Å²) in [7, 11) is 0. The third kappa shape index (κ3) is 5.77. The Hall–Kier alpha value is -3.94. The predicted molar refractivity (Wildman–Crippen MR) is 105 cm³/mol. The molecule has 8 heteroatoms. The zero-order valence-electron chi connectivity index (χ0n) is 15.4. The molecule has 29 heavy (non-hydrogen) atoms. The Labute approximate surface area is 165 Å². The SMILES string of the molecule is O=C(NC(Cc1ccccc1)C(=O)OCc1ccccc1)c1cc(=O)[nH]c(=O)[nH]1. The highest BCUT2D eigenvalue weighted by Gasteiger charge is 2.24. The Bertz CT molecular complexity index is 1060. The van der Waals surface area contributed by atoms with E-state index in [9.17, 15) is 19.2 Å². The smallest absolute Gasteiger partial charge is 0.329 e. The van der Waals surface area contributed by atoms with Crippen molar-refractivity contribution in [2.24, 2.45) is 0 Å². The summed E-state index contributed by atoms with van der Waals surface area (Å²) < 4.78 is 5.35. The first kappa shape index (κ1) is 19.8. The number of aromatic nitrogens is 2. The molecular weight excluding hydrogens is 374 g/mol. The second kappa shape index (κ2) is 9.32. The van der Waals surface area contributed by atoms with Gasteiger partial charge in [-0.25, -0.2) is 9.59 Å². The molecule has 3 rings (SSSR count). The third-order valence-electron chi connectivity index (χ3n) is 4.10. The van der Waals surface area contributed by atoms with Crippen LogP contribution in [-0.2, 0) is 22.6 Å². The maximum Gasteiger partial charge on any atom is 0.329 e. The number of H-pyrrole nitrogens is 2. The molecule has 0 aliphatic carbocycles. The molecule has 0 fully saturated rings. The van der Waals surface area contributed by atoms with Gasteiger partial charge >= 0.3 is 11.7 Å². The zero-order valence-corrected chi connectivity index (χ0v) is 15.4.